The summed E-state index contributed by atoms with van der Waals surface area (Å²) in [4.78, 5) is 1.55. The van der Waals surface area contributed by atoms with Gasteiger partial charge < -0.3 is 0 Å². The van der Waals surface area contributed by atoms with E-state index in [0.717, 1.165) is 12.0 Å². The molecular weight excluding hydrogens is 394 g/mol. The molecule has 0 fully saturated rings. The van der Waals surface area contributed by atoms with Gasteiger partial charge in [-0.2, -0.15) is 4.31 Å². The van der Waals surface area contributed by atoms with Gasteiger partial charge in [0.05, 0.1) is 9.92 Å². The Balaban J connectivity index is 2.01. The number of halogens is 2. The molecule has 1 aromatic carbocycles. The van der Waals surface area contributed by atoms with E-state index >= 15 is 0 Å². The Morgan fingerprint density at radius 2 is 2.14 bits per heavy atom. The lowest BCUT2D eigenvalue weighted by atomic mass is 10.0. The third-order valence-electron chi connectivity index (χ3n) is 3.72. The smallest absolute Gasteiger partial charge is 0.207 e. The van der Waals surface area contributed by atoms with Crippen LogP contribution in [0.1, 0.15) is 23.4 Å². The van der Waals surface area contributed by atoms with E-state index in [9.17, 15) is 8.42 Å². The molecule has 0 aliphatic carbocycles. The Labute approximate surface area is 141 Å². The molecule has 2 aromatic rings. The van der Waals surface area contributed by atoms with Gasteiger partial charge in [-0.3, -0.25) is 0 Å². The number of hydrogen-bond acceptors (Lipinski definition) is 3. The zero-order chi connectivity index (χ0) is 15.2. The zero-order valence-electron chi connectivity index (χ0n) is 11.2. The van der Waals surface area contributed by atoms with Crippen molar-refractivity contribution in [2.75, 3.05) is 6.54 Å². The maximum Gasteiger partial charge on any atom is 0.243 e. The van der Waals surface area contributed by atoms with Crippen molar-refractivity contribution in [3.63, 3.8) is 0 Å². The van der Waals surface area contributed by atoms with Gasteiger partial charge in [-0.1, -0.05) is 11.6 Å². The summed E-state index contributed by atoms with van der Waals surface area (Å²) in [7, 11) is -3.52. The van der Waals surface area contributed by atoms with E-state index in [-0.39, 0.29) is 10.9 Å². The van der Waals surface area contributed by atoms with Crippen LogP contribution in [0.4, 0.5) is 0 Å². The van der Waals surface area contributed by atoms with Crippen molar-refractivity contribution in [3.05, 3.63) is 49.6 Å². The lowest BCUT2D eigenvalue weighted by Crippen LogP contribution is -2.38. The lowest BCUT2D eigenvalue weighted by Gasteiger charge is -2.32. The first-order valence-electron chi connectivity index (χ1n) is 6.44. The summed E-state index contributed by atoms with van der Waals surface area (Å²) in [5, 5.41) is 2.52. The topological polar surface area (TPSA) is 37.4 Å². The number of thiophene rings is 1. The highest BCUT2D eigenvalue weighted by Crippen LogP contribution is 2.37. The molecule has 0 saturated heterocycles. The summed E-state index contributed by atoms with van der Waals surface area (Å²) in [5.74, 6) is 0. The molecule has 0 spiro atoms. The number of rotatable bonds is 2. The molecule has 0 radical (unpaired) electrons. The molecule has 2 heterocycles. The van der Waals surface area contributed by atoms with E-state index in [1.807, 2.05) is 18.4 Å². The number of benzene rings is 1. The van der Waals surface area contributed by atoms with Crippen molar-refractivity contribution in [1.29, 1.82) is 0 Å². The standard InChI is InChI=1S/C14H13BrClNO2S2/c1-9-11-5-7-20-14(11)4-6-17(9)21(18,19)10-2-3-13(16)12(15)8-10/h2-3,5,7-9H,4,6H2,1H3. The lowest BCUT2D eigenvalue weighted by molar-refractivity contribution is 0.329. The predicted octanol–water partition coefficient (Wildman–Crippen LogP) is 4.47. The SMILES string of the molecule is CC1c2ccsc2CCN1S(=O)(=O)c1ccc(Cl)c(Br)c1. The minimum absolute atomic E-state index is 0.139. The Morgan fingerprint density at radius 3 is 2.86 bits per heavy atom. The molecule has 7 heteroatoms. The largest absolute Gasteiger partial charge is 0.243 e. The van der Waals surface area contributed by atoms with Crippen LogP contribution in [0.3, 0.4) is 0 Å². The van der Waals surface area contributed by atoms with Gasteiger partial charge in [0, 0.05) is 21.9 Å². The predicted molar refractivity (Wildman–Crippen MR) is 89.5 cm³/mol. The van der Waals surface area contributed by atoms with Gasteiger partial charge in [0.15, 0.2) is 0 Å². The zero-order valence-corrected chi connectivity index (χ0v) is 15.2. The normalized spacial score (nSPS) is 19.5. The average Bonchev–Trinajstić information content (AvgIpc) is 2.91. The van der Waals surface area contributed by atoms with E-state index in [4.69, 9.17) is 11.6 Å². The fourth-order valence-corrected chi connectivity index (χ4v) is 5.84. The second-order valence-corrected chi connectivity index (χ2v) is 9.07. The van der Waals surface area contributed by atoms with Crippen molar-refractivity contribution < 1.29 is 8.42 Å². The number of nitrogens with zero attached hydrogens (tertiary/aromatic N) is 1. The molecular formula is C14H13BrClNO2S2. The van der Waals surface area contributed by atoms with Crippen LogP contribution in [0.2, 0.25) is 5.02 Å². The van der Waals surface area contributed by atoms with E-state index < -0.39 is 10.0 Å². The average molecular weight is 407 g/mol. The molecule has 112 valence electrons. The number of sulfonamides is 1. The Morgan fingerprint density at radius 1 is 1.38 bits per heavy atom. The Kier molecular flexibility index (Phi) is 4.18. The first kappa shape index (κ1) is 15.5. The molecule has 1 aromatic heterocycles. The molecule has 1 aliphatic rings. The van der Waals surface area contributed by atoms with Crippen molar-refractivity contribution >= 4 is 48.9 Å². The molecule has 3 nitrogen and oxygen atoms in total. The van der Waals surface area contributed by atoms with Crippen molar-refractivity contribution in [2.45, 2.75) is 24.3 Å². The van der Waals surface area contributed by atoms with E-state index in [0.29, 0.717) is 16.0 Å². The van der Waals surface area contributed by atoms with Crippen LogP contribution >= 0.6 is 38.9 Å². The van der Waals surface area contributed by atoms with Crippen LogP contribution in [-0.2, 0) is 16.4 Å². The molecule has 0 amide bonds. The summed E-state index contributed by atoms with van der Waals surface area (Å²) >= 11 is 10.9. The highest BCUT2D eigenvalue weighted by Gasteiger charge is 2.34. The monoisotopic (exact) mass is 405 g/mol. The summed E-state index contributed by atoms with van der Waals surface area (Å²) in [6.07, 6.45) is 0.769. The third-order valence-corrected chi connectivity index (χ3v) is 7.90. The van der Waals surface area contributed by atoms with Gasteiger partial charge in [-0.15, -0.1) is 11.3 Å². The van der Waals surface area contributed by atoms with Gasteiger partial charge in [0.25, 0.3) is 0 Å². The minimum Gasteiger partial charge on any atom is -0.207 e. The molecule has 0 N–H and O–H groups in total. The first-order valence-corrected chi connectivity index (χ1v) is 9.93. The number of fused-ring (bicyclic) bond motifs is 1. The molecule has 1 atom stereocenters. The second-order valence-electron chi connectivity index (χ2n) is 4.92. The molecule has 0 bridgehead atoms. The van der Waals surface area contributed by atoms with Gasteiger partial charge in [0.1, 0.15) is 0 Å². The van der Waals surface area contributed by atoms with Crippen LogP contribution < -0.4 is 0 Å². The van der Waals surface area contributed by atoms with Gasteiger partial charge in [-0.05, 0) is 64.5 Å². The molecule has 21 heavy (non-hydrogen) atoms. The number of hydrogen-bond donors (Lipinski definition) is 0. The Hall–Kier alpha value is -0.400. The van der Waals surface area contributed by atoms with Crippen LogP contribution in [0.5, 0.6) is 0 Å². The second kappa shape index (κ2) is 5.66. The highest BCUT2D eigenvalue weighted by atomic mass is 79.9. The van der Waals surface area contributed by atoms with Crippen molar-refractivity contribution in [2.24, 2.45) is 0 Å². The summed E-state index contributed by atoms with van der Waals surface area (Å²) < 4.78 is 27.9. The van der Waals surface area contributed by atoms with Crippen LogP contribution in [-0.4, -0.2) is 19.3 Å². The summed E-state index contributed by atoms with van der Waals surface area (Å²) in [6.45, 7) is 2.45. The van der Waals surface area contributed by atoms with E-state index in [1.54, 1.807) is 33.8 Å². The third kappa shape index (κ3) is 2.68. The van der Waals surface area contributed by atoms with Crippen LogP contribution in [0.15, 0.2) is 39.0 Å². The van der Waals surface area contributed by atoms with Gasteiger partial charge >= 0.3 is 0 Å². The molecule has 1 aliphatic heterocycles. The van der Waals surface area contributed by atoms with Crippen LogP contribution in [0, 0.1) is 0 Å². The fourth-order valence-electron chi connectivity index (χ4n) is 2.59. The van der Waals surface area contributed by atoms with Gasteiger partial charge in [-0.25, -0.2) is 8.42 Å². The maximum absolute atomic E-state index is 12.9. The van der Waals surface area contributed by atoms with Crippen LogP contribution in [0.25, 0.3) is 0 Å². The first-order chi connectivity index (χ1) is 9.91. The molecule has 0 saturated carbocycles. The van der Waals surface area contributed by atoms with E-state index in [1.165, 1.54) is 4.88 Å². The fraction of sp³-hybridized carbons (Fsp3) is 0.286. The van der Waals surface area contributed by atoms with Crippen molar-refractivity contribution in [1.82, 2.24) is 4.31 Å². The van der Waals surface area contributed by atoms with Crippen molar-refractivity contribution in [3.8, 4) is 0 Å². The maximum atomic E-state index is 12.9. The highest BCUT2D eigenvalue weighted by molar-refractivity contribution is 9.10. The molecule has 3 rings (SSSR count). The minimum atomic E-state index is -3.52. The summed E-state index contributed by atoms with van der Waals surface area (Å²) in [6, 6.07) is 6.60. The quantitative estimate of drug-likeness (QED) is 0.738. The van der Waals surface area contributed by atoms with Gasteiger partial charge in [0.2, 0.25) is 10.0 Å². The summed E-state index contributed by atoms with van der Waals surface area (Å²) in [5.41, 5.74) is 1.11. The molecule has 1 unspecified atom stereocenters. The van der Waals surface area contributed by atoms with E-state index in [2.05, 4.69) is 15.9 Å². The Bertz CT molecular complexity index is 788.